The summed E-state index contributed by atoms with van der Waals surface area (Å²) >= 11 is 0. The molecule has 182 valence electrons. The number of hydrogen-bond acceptors (Lipinski definition) is 3. The van der Waals surface area contributed by atoms with Crippen LogP contribution in [0.3, 0.4) is 0 Å². The van der Waals surface area contributed by atoms with Gasteiger partial charge in [-0.15, -0.1) is 0 Å². The summed E-state index contributed by atoms with van der Waals surface area (Å²) < 4.78 is 0. The molecule has 0 spiro atoms. The summed E-state index contributed by atoms with van der Waals surface area (Å²) in [5.74, 6) is -1.06. The van der Waals surface area contributed by atoms with E-state index in [2.05, 4.69) is 27.4 Å². The molecule has 5 aromatic rings. The van der Waals surface area contributed by atoms with E-state index < -0.39 is 5.91 Å². The summed E-state index contributed by atoms with van der Waals surface area (Å²) in [7, 11) is 0. The van der Waals surface area contributed by atoms with Gasteiger partial charge >= 0.3 is 0 Å². The number of aromatic nitrogens is 2. The molecule has 0 saturated carbocycles. The fourth-order valence-corrected chi connectivity index (χ4v) is 4.36. The lowest BCUT2D eigenvalue weighted by Gasteiger charge is -2.14. The number of nitrogens with two attached hydrogens (primary N) is 1. The number of nitrogens with one attached hydrogen (secondary N) is 2. The summed E-state index contributed by atoms with van der Waals surface area (Å²) in [5.41, 5.74) is 11.8. The number of benzene rings is 3. The number of hydrogen-bond donors (Lipinski definition) is 3. The molecule has 0 aliphatic heterocycles. The van der Waals surface area contributed by atoms with Gasteiger partial charge in [-0.1, -0.05) is 84.9 Å². The first-order valence-corrected chi connectivity index (χ1v) is 12.0. The molecular formula is C31H26N4O2. The molecule has 2 heterocycles. The number of fused-ring (bicyclic) bond motifs is 1. The predicted octanol–water partition coefficient (Wildman–Crippen LogP) is 6.00. The Hall–Kier alpha value is -4.97. The Balaban J connectivity index is 1.43. The topological polar surface area (TPSA) is 101 Å². The van der Waals surface area contributed by atoms with E-state index in [0.29, 0.717) is 33.4 Å². The van der Waals surface area contributed by atoms with Gasteiger partial charge in [0.1, 0.15) is 5.65 Å². The zero-order valence-corrected chi connectivity index (χ0v) is 20.3. The number of pyridine rings is 1. The Morgan fingerprint density at radius 2 is 1.54 bits per heavy atom. The highest BCUT2D eigenvalue weighted by Crippen LogP contribution is 2.30. The fraction of sp³-hybridized carbons (Fsp3) is 0.0645. The molecule has 4 N–H and O–H groups in total. The van der Waals surface area contributed by atoms with E-state index in [-0.39, 0.29) is 11.8 Å². The van der Waals surface area contributed by atoms with Crippen molar-refractivity contribution in [3.05, 3.63) is 120 Å². The molecule has 0 fully saturated rings. The number of amides is 2. The molecule has 5 rings (SSSR count). The third kappa shape index (κ3) is 5.04. The lowest BCUT2D eigenvalue weighted by molar-refractivity contribution is -0.117. The number of H-pyrrole nitrogens is 1. The van der Waals surface area contributed by atoms with Crippen LogP contribution in [0.5, 0.6) is 0 Å². The molecule has 2 amide bonds. The van der Waals surface area contributed by atoms with Crippen molar-refractivity contribution < 1.29 is 9.59 Å². The van der Waals surface area contributed by atoms with Gasteiger partial charge in [-0.2, -0.15) is 0 Å². The molecule has 3 aromatic carbocycles. The van der Waals surface area contributed by atoms with Crippen LogP contribution in [0.2, 0.25) is 0 Å². The van der Waals surface area contributed by atoms with Crippen molar-refractivity contribution in [3.63, 3.8) is 0 Å². The molecular weight excluding hydrogens is 460 g/mol. The molecule has 0 radical (unpaired) electrons. The van der Waals surface area contributed by atoms with Gasteiger partial charge in [0.15, 0.2) is 0 Å². The summed E-state index contributed by atoms with van der Waals surface area (Å²) in [6.45, 7) is 1.88. The van der Waals surface area contributed by atoms with Crippen molar-refractivity contribution in [2.24, 2.45) is 5.73 Å². The van der Waals surface area contributed by atoms with E-state index in [0.717, 1.165) is 16.7 Å². The first kappa shape index (κ1) is 23.8. The Bertz CT molecular complexity index is 1590. The first-order chi connectivity index (χ1) is 18.0. The van der Waals surface area contributed by atoms with E-state index in [1.54, 1.807) is 24.5 Å². The fourth-order valence-electron chi connectivity index (χ4n) is 4.36. The maximum atomic E-state index is 13.3. The highest BCUT2D eigenvalue weighted by Gasteiger charge is 2.19. The molecule has 1 unspecified atom stereocenters. The SMILES string of the molecule is CC(C(=O)Nc1ccnc2[nH]cc(C=C(C(N)=O)c3ccccc3)c12)c1ccc(-c2ccccc2)cc1. The molecule has 6 heteroatoms. The van der Waals surface area contributed by atoms with Crippen LogP contribution >= 0.6 is 0 Å². The summed E-state index contributed by atoms with van der Waals surface area (Å²) in [4.78, 5) is 33.0. The largest absolute Gasteiger partial charge is 0.366 e. The number of rotatable bonds is 7. The van der Waals surface area contributed by atoms with Crippen molar-refractivity contribution in [2.75, 3.05) is 5.32 Å². The van der Waals surface area contributed by atoms with E-state index in [1.165, 1.54) is 0 Å². The zero-order chi connectivity index (χ0) is 25.8. The van der Waals surface area contributed by atoms with Gasteiger partial charge < -0.3 is 16.0 Å². The van der Waals surface area contributed by atoms with Crippen molar-refractivity contribution in [3.8, 4) is 11.1 Å². The van der Waals surface area contributed by atoms with Crippen LogP contribution in [-0.4, -0.2) is 21.8 Å². The third-order valence-electron chi connectivity index (χ3n) is 6.42. The van der Waals surface area contributed by atoms with Gasteiger partial charge in [-0.05, 0) is 41.3 Å². The van der Waals surface area contributed by atoms with Gasteiger partial charge in [-0.3, -0.25) is 9.59 Å². The number of carbonyl (C=O) groups is 2. The van der Waals surface area contributed by atoms with E-state index in [9.17, 15) is 9.59 Å². The molecule has 0 aliphatic rings. The molecule has 0 saturated heterocycles. The smallest absolute Gasteiger partial charge is 0.249 e. The monoisotopic (exact) mass is 486 g/mol. The van der Waals surface area contributed by atoms with Gasteiger partial charge in [0, 0.05) is 28.9 Å². The Morgan fingerprint density at radius 1 is 0.892 bits per heavy atom. The average Bonchev–Trinajstić information content (AvgIpc) is 3.36. The second-order valence-electron chi connectivity index (χ2n) is 8.81. The van der Waals surface area contributed by atoms with Crippen LogP contribution in [0.15, 0.2) is 103 Å². The minimum Gasteiger partial charge on any atom is -0.366 e. The van der Waals surface area contributed by atoms with Crippen LogP contribution in [0.4, 0.5) is 5.69 Å². The normalized spacial score (nSPS) is 12.3. The van der Waals surface area contributed by atoms with Crippen molar-refractivity contribution in [1.29, 1.82) is 0 Å². The number of primary amides is 1. The molecule has 37 heavy (non-hydrogen) atoms. The van der Waals surface area contributed by atoms with Gasteiger partial charge in [-0.25, -0.2) is 4.98 Å². The second kappa shape index (κ2) is 10.3. The minimum absolute atomic E-state index is 0.144. The lowest BCUT2D eigenvalue weighted by atomic mass is 9.96. The van der Waals surface area contributed by atoms with Gasteiger partial charge in [0.2, 0.25) is 11.8 Å². The second-order valence-corrected chi connectivity index (χ2v) is 8.81. The maximum Gasteiger partial charge on any atom is 0.249 e. The zero-order valence-electron chi connectivity index (χ0n) is 20.3. The minimum atomic E-state index is -0.539. The summed E-state index contributed by atoms with van der Waals surface area (Å²) in [6, 6.07) is 29.1. The lowest BCUT2D eigenvalue weighted by Crippen LogP contribution is -2.19. The molecule has 2 aromatic heterocycles. The van der Waals surface area contributed by atoms with Crippen LogP contribution in [-0.2, 0) is 9.59 Å². The Morgan fingerprint density at radius 3 is 2.22 bits per heavy atom. The number of nitrogens with zero attached hydrogens (tertiary/aromatic N) is 1. The number of aromatic amines is 1. The number of carbonyl (C=O) groups excluding carboxylic acids is 2. The molecule has 0 aliphatic carbocycles. The quantitative estimate of drug-likeness (QED) is 0.246. The standard InChI is InChI=1S/C31H26N4O2/c1-20(21-12-14-23(15-13-21)22-8-4-2-5-9-22)31(37)35-27-16-17-33-30-28(27)25(19-34-30)18-26(29(32)36)24-10-6-3-7-11-24/h2-20H,1H3,(H2,32,36)(H2,33,34,35,37). The highest BCUT2D eigenvalue weighted by atomic mass is 16.2. The summed E-state index contributed by atoms with van der Waals surface area (Å²) in [6.07, 6.45) is 5.11. The highest BCUT2D eigenvalue weighted by molar-refractivity contribution is 6.24. The van der Waals surface area contributed by atoms with Crippen LogP contribution in [0.1, 0.15) is 29.5 Å². The van der Waals surface area contributed by atoms with E-state index in [1.807, 2.05) is 79.7 Å². The number of anilines is 1. The van der Waals surface area contributed by atoms with Crippen molar-refractivity contribution in [2.45, 2.75) is 12.8 Å². The third-order valence-corrected chi connectivity index (χ3v) is 6.42. The predicted molar refractivity (Wildman–Crippen MR) is 149 cm³/mol. The molecule has 6 nitrogen and oxygen atoms in total. The first-order valence-electron chi connectivity index (χ1n) is 12.0. The maximum absolute atomic E-state index is 13.3. The van der Waals surface area contributed by atoms with Crippen molar-refractivity contribution in [1.82, 2.24) is 9.97 Å². The average molecular weight is 487 g/mol. The van der Waals surface area contributed by atoms with Gasteiger partial charge in [0.25, 0.3) is 0 Å². The van der Waals surface area contributed by atoms with Crippen molar-refractivity contribution >= 4 is 40.2 Å². The van der Waals surface area contributed by atoms with Crippen LogP contribution in [0.25, 0.3) is 33.8 Å². The Kier molecular flexibility index (Phi) is 6.64. The van der Waals surface area contributed by atoms with E-state index >= 15 is 0 Å². The van der Waals surface area contributed by atoms with E-state index in [4.69, 9.17) is 5.73 Å². The van der Waals surface area contributed by atoms with Crippen LogP contribution < -0.4 is 11.1 Å². The summed E-state index contributed by atoms with van der Waals surface area (Å²) in [5, 5.41) is 3.76. The molecule has 1 atom stereocenters. The Labute approximate surface area is 214 Å². The van der Waals surface area contributed by atoms with Gasteiger partial charge in [0.05, 0.1) is 11.6 Å². The molecule has 0 bridgehead atoms. The van der Waals surface area contributed by atoms with Crippen LogP contribution in [0, 0.1) is 0 Å².